The van der Waals surface area contributed by atoms with Crippen LogP contribution in [0.1, 0.15) is 6.42 Å². The molecule has 0 unspecified atom stereocenters. The highest BCUT2D eigenvalue weighted by atomic mass is 19.4. The number of nitrogens with one attached hydrogen (secondary N) is 1. The van der Waals surface area contributed by atoms with Crippen molar-refractivity contribution in [3.8, 4) is 0 Å². The van der Waals surface area contributed by atoms with Gasteiger partial charge in [-0.25, -0.2) is 0 Å². The number of aliphatic hydroxyl groups excluding tert-OH is 2. The number of hydrogen-bond donors (Lipinski definition) is 3. The van der Waals surface area contributed by atoms with E-state index >= 15 is 0 Å². The molecule has 2 atom stereocenters. The molecule has 0 heterocycles. The van der Waals surface area contributed by atoms with Crippen LogP contribution in [0.15, 0.2) is 0 Å². The predicted molar refractivity (Wildman–Crippen MR) is 36.6 cm³/mol. The maximum Gasteiger partial charge on any atom is 0.403 e. The van der Waals surface area contributed by atoms with Gasteiger partial charge in [0.05, 0.1) is 12.7 Å². The van der Waals surface area contributed by atoms with Crippen molar-refractivity contribution in [3.05, 3.63) is 0 Å². The second kappa shape index (κ2) is 4.64. The maximum absolute atomic E-state index is 12.0. The van der Waals surface area contributed by atoms with Gasteiger partial charge in [-0.1, -0.05) is 0 Å². The van der Waals surface area contributed by atoms with Crippen molar-refractivity contribution >= 4 is 0 Å². The Labute approximate surface area is 68.2 Å². The average Bonchev–Trinajstić information content (AvgIpc) is 1.97. The van der Waals surface area contributed by atoms with E-state index in [9.17, 15) is 13.2 Å². The molecule has 0 bridgehead atoms. The predicted octanol–water partition coefficient (Wildman–Crippen LogP) is -0.120. The highest BCUT2D eigenvalue weighted by molar-refractivity contribution is 4.76. The normalized spacial score (nSPS) is 17.5. The van der Waals surface area contributed by atoms with Crippen molar-refractivity contribution < 1.29 is 23.4 Å². The highest BCUT2D eigenvalue weighted by Gasteiger charge is 2.39. The highest BCUT2D eigenvalue weighted by Crippen LogP contribution is 2.22. The third kappa shape index (κ3) is 3.89. The van der Waals surface area contributed by atoms with Crippen molar-refractivity contribution in [2.45, 2.75) is 24.7 Å². The van der Waals surface area contributed by atoms with Crippen LogP contribution in [0.25, 0.3) is 0 Å². The Balaban J connectivity index is 4.00. The van der Waals surface area contributed by atoms with Crippen LogP contribution in [0.3, 0.4) is 0 Å². The van der Waals surface area contributed by atoms with Gasteiger partial charge in [-0.05, 0) is 13.5 Å². The van der Waals surface area contributed by atoms with Gasteiger partial charge in [-0.15, -0.1) is 0 Å². The zero-order valence-corrected chi connectivity index (χ0v) is 6.60. The quantitative estimate of drug-likeness (QED) is 0.575. The fraction of sp³-hybridized carbons (Fsp3) is 1.00. The molecule has 0 aromatic rings. The lowest BCUT2D eigenvalue weighted by Gasteiger charge is -2.21. The molecule has 0 rings (SSSR count). The van der Waals surface area contributed by atoms with Gasteiger partial charge < -0.3 is 15.5 Å². The van der Waals surface area contributed by atoms with Crippen LogP contribution in [-0.2, 0) is 0 Å². The Morgan fingerprint density at radius 1 is 1.42 bits per heavy atom. The Kier molecular flexibility index (Phi) is 4.51. The summed E-state index contributed by atoms with van der Waals surface area (Å²) >= 11 is 0. The number of rotatable bonds is 4. The minimum absolute atomic E-state index is 0.531. The van der Waals surface area contributed by atoms with E-state index in [4.69, 9.17) is 10.2 Å². The van der Waals surface area contributed by atoms with E-state index < -0.39 is 31.3 Å². The molecule has 74 valence electrons. The lowest BCUT2D eigenvalue weighted by molar-refractivity contribution is -0.161. The second-order valence-electron chi connectivity index (χ2n) is 2.45. The van der Waals surface area contributed by atoms with Gasteiger partial charge in [-0.2, -0.15) is 13.2 Å². The van der Waals surface area contributed by atoms with E-state index in [0.29, 0.717) is 0 Å². The van der Waals surface area contributed by atoms with Crippen LogP contribution in [0, 0.1) is 0 Å². The third-order valence-electron chi connectivity index (χ3n) is 1.46. The Hall–Kier alpha value is -0.330. The van der Waals surface area contributed by atoms with E-state index in [1.807, 2.05) is 5.32 Å². The van der Waals surface area contributed by atoms with Crippen LogP contribution >= 0.6 is 0 Å². The van der Waals surface area contributed by atoms with E-state index in [2.05, 4.69) is 0 Å². The summed E-state index contributed by atoms with van der Waals surface area (Å²) in [5.41, 5.74) is 0. The topological polar surface area (TPSA) is 52.5 Å². The first-order chi connectivity index (χ1) is 5.41. The third-order valence-corrected chi connectivity index (χ3v) is 1.46. The van der Waals surface area contributed by atoms with Crippen LogP contribution in [0.4, 0.5) is 13.2 Å². The summed E-state index contributed by atoms with van der Waals surface area (Å²) in [6, 6.07) is -1.76. The average molecular weight is 187 g/mol. The fourth-order valence-electron chi connectivity index (χ4n) is 0.762. The van der Waals surface area contributed by atoms with Gasteiger partial charge in [0, 0.05) is 0 Å². The molecular weight excluding hydrogens is 175 g/mol. The van der Waals surface area contributed by atoms with E-state index in [1.54, 1.807) is 0 Å². The van der Waals surface area contributed by atoms with Crippen LogP contribution in [0.5, 0.6) is 0 Å². The van der Waals surface area contributed by atoms with Crippen LogP contribution in [-0.4, -0.2) is 42.2 Å². The summed E-state index contributed by atoms with van der Waals surface area (Å²) in [7, 11) is 1.16. The summed E-state index contributed by atoms with van der Waals surface area (Å²) in [6.07, 6.45) is -6.24. The standard InChI is InChI=1S/C6H12F3NO2/c1-10-5(6(7,8)9)2-4(12)3-11/h4-5,10-12H,2-3H2,1H3/t4-,5+/m1/s1. The minimum Gasteiger partial charge on any atom is -0.394 e. The second-order valence-corrected chi connectivity index (χ2v) is 2.45. The molecule has 0 aromatic heterocycles. The molecule has 12 heavy (non-hydrogen) atoms. The van der Waals surface area contributed by atoms with Gasteiger partial charge in [0.25, 0.3) is 0 Å². The summed E-state index contributed by atoms with van der Waals surface area (Å²) in [4.78, 5) is 0. The van der Waals surface area contributed by atoms with Crippen molar-refractivity contribution in [1.82, 2.24) is 5.32 Å². The molecule has 0 aromatic carbocycles. The van der Waals surface area contributed by atoms with Gasteiger partial charge in [0.1, 0.15) is 6.04 Å². The van der Waals surface area contributed by atoms with Crippen molar-refractivity contribution in [3.63, 3.8) is 0 Å². The molecule has 0 amide bonds. The van der Waals surface area contributed by atoms with Crippen molar-refractivity contribution in [1.29, 1.82) is 0 Å². The summed E-state index contributed by atoms with van der Waals surface area (Å²) in [5, 5.41) is 19.0. The first kappa shape index (κ1) is 11.7. The Morgan fingerprint density at radius 2 is 1.92 bits per heavy atom. The number of hydrogen-bond acceptors (Lipinski definition) is 3. The van der Waals surface area contributed by atoms with Crippen LogP contribution in [0.2, 0.25) is 0 Å². The van der Waals surface area contributed by atoms with E-state index in [-0.39, 0.29) is 0 Å². The maximum atomic E-state index is 12.0. The summed E-state index contributed by atoms with van der Waals surface area (Å²) in [5.74, 6) is 0. The molecule has 3 nitrogen and oxygen atoms in total. The molecule has 0 saturated heterocycles. The summed E-state index contributed by atoms with van der Waals surface area (Å²) in [6.45, 7) is -0.658. The first-order valence-electron chi connectivity index (χ1n) is 3.44. The van der Waals surface area contributed by atoms with Crippen molar-refractivity contribution in [2.75, 3.05) is 13.7 Å². The first-order valence-corrected chi connectivity index (χ1v) is 3.44. The molecule has 0 aliphatic heterocycles. The fourth-order valence-corrected chi connectivity index (χ4v) is 0.762. The molecular formula is C6H12F3NO2. The van der Waals surface area contributed by atoms with Crippen molar-refractivity contribution in [2.24, 2.45) is 0 Å². The van der Waals surface area contributed by atoms with Gasteiger partial charge in [0.2, 0.25) is 0 Å². The molecule has 6 heteroatoms. The molecule has 0 aliphatic carbocycles. The molecule has 0 spiro atoms. The molecule has 3 N–H and O–H groups in total. The molecule has 0 fully saturated rings. The van der Waals surface area contributed by atoms with Gasteiger partial charge >= 0.3 is 6.18 Å². The van der Waals surface area contributed by atoms with Gasteiger partial charge in [0.15, 0.2) is 0 Å². The monoisotopic (exact) mass is 187 g/mol. The number of aliphatic hydroxyl groups is 2. The zero-order chi connectivity index (χ0) is 9.78. The SMILES string of the molecule is CN[C@@H](C[C@@H](O)CO)C(F)(F)F. The minimum atomic E-state index is -4.38. The van der Waals surface area contributed by atoms with E-state index in [1.165, 1.54) is 0 Å². The smallest absolute Gasteiger partial charge is 0.394 e. The van der Waals surface area contributed by atoms with Gasteiger partial charge in [-0.3, -0.25) is 0 Å². The molecule has 0 aliphatic rings. The Morgan fingerprint density at radius 3 is 2.17 bits per heavy atom. The van der Waals surface area contributed by atoms with E-state index in [0.717, 1.165) is 7.05 Å². The number of alkyl halides is 3. The number of halogens is 3. The molecule has 0 radical (unpaired) electrons. The largest absolute Gasteiger partial charge is 0.403 e. The zero-order valence-electron chi connectivity index (χ0n) is 6.60. The lowest BCUT2D eigenvalue weighted by Crippen LogP contribution is -2.43. The lowest BCUT2D eigenvalue weighted by atomic mass is 10.1. The summed E-state index contributed by atoms with van der Waals surface area (Å²) < 4.78 is 35.9. The Bertz CT molecular complexity index is 128. The van der Waals surface area contributed by atoms with Crippen LogP contribution < -0.4 is 5.32 Å². The molecule has 0 saturated carbocycles.